The van der Waals surface area contributed by atoms with Gasteiger partial charge in [-0.05, 0) is 239 Å². The van der Waals surface area contributed by atoms with Gasteiger partial charge in [-0.2, -0.15) is 0 Å². The molecule has 0 spiro atoms. The van der Waals surface area contributed by atoms with E-state index in [9.17, 15) is 29.4 Å². The second-order valence-electron chi connectivity index (χ2n) is 32.3. The van der Waals surface area contributed by atoms with Crippen LogP contribution in [0.2, 0.25) is 0 Å². The smallest absolute Gasteiger partial charge is 0.306 e. The number of carbonyl (C=O) groups is 4. The first-order valence-electron chi connectivity index (χ1n) is 45.3. The number of nitrogens with one attached hydrogen (secondary N) is 2. The number of aryl methyl sites for hydroxylation is 5. The third-order valence-corrected chi connectivity index (χ3v) is 22.7. The van der Waals surface area contributed by atoms with Crippen molar-refractivity contribution in [1.82, 2.24) is 0 Å². The lowest BCUT2D eigenvalue weighted by molar-refractivity contribution is -0.147. The van der Waals surface area contributed by atoms with Crippen molar-refractivity contribution in [2.45, 2.75) is 83.5 Å². The molecule has 14 aromatic rings. The maximum absolute atomic E-state index is 11.7. The van der Waals surface area contributed by atoms with Gasteiger partial charge in [-0.25, -0.2) is 0 Å². The van der Waals surface area contributed by atoms with Crippen LogP contribution in [0.15, 0.2) is 371 Å². The molecule has 682 valence electrons. The number of hydrogen-bond acceptors (Lipinski definition) is 15. The molecule has 0 saturated heterocycles. The molecule has 0 aliphatic carbocycles. The van der Waals surface area contributed by atoms with Crippen LogP contribution in [-0.2, 0) is 84.4 Å². The lowest BCUT2D eigenvalue weighted by Crippen LogP contribution is -2.16. The Kier molecular flexibility index (Phi) is 38.5. The van der Waals surface area contributed by atoms with Gasteiger partial charge in [0.15, 0.2) is 6.29 Å². The topological polar surface area (TPSA) is 221 Å². The number of ether oxygens (including phenoxy) is 7. The van der Waals surface area contributed by atoms with E-state index in [1.54, 1.807) is 38.3 Å². The molecule has 2 unspecified atom stereocenters. The Hall–Kier alpha value is -15.4. The summed E-state index contributed by atoms with van der Waals surface area (Å²) < 4.78 is 34.8. The Balaban J connectivity index is 0.000000188. The van der Waals surface area contributed by atoms with Gasteiger partial charge in [0.05, 0.1) is 33.5 Å². The van der Waals surface area contributed by atoms with Gasteiger partial charge in [0.2, 0.25) is 11.8 Å². The molecule has 0 saturated carbocycles. The molecule has 0 bridgehead atoms. The summed E-state index contributed by atoms with van der Waals surface area (Å²) in [5, 5.41) is 36.0. The van der Waals surface area contributed by atoms with Crippen LogP contribution in [0.3, 0.4) is 0 Å². The summed E-state index contributed by atoms with van der Waals surface area (Å²) in [7, 11) is 4.47. The Morgan fingerprint density at radius 3 is 0.963 bits per heavy atom. The van der Waals surface area contributed by atoms with Gasteiger partial charge in [0.25, 0.3) is 6.47 Å². The van der Waals surface area contributed by atoms with E-state index in [-0.39, 0.29) is 43.4 Å². The molecule has 15 heteroatoms. The van der Waals surface area contributed by atoms with Crippen LogP contribution in [0.4, 0.5) is 0 Å². The molecule has 0 heterocycles. The van der Waals surface area contributed by atoms with Crippen molar-refractivity contribution in [1.29, 1.82) is 10.8 Å². The fourth-order valence-corrected chi connectivity index (χ4v) is 15.1. The summed E-state index contributed by atoms with van der Waals surface area (Å²) in [6, 6.07) is 125. The van der Waals surface area contributed by atoms with Crippen LogP contribution in [0, 0.1) is 10.8 Å². The van der Waals surface area contributed by atoms with Crippen LogP contribution in [0.25, 0.3) is 74.9 Å². The normalized spacial score (nSPS) is 11.8. The van der Waals surface area contributed by atoms with E-state index in [0.717, 1.165) is 123 Å². The quantitative estimate of drug-likeness (QED) is 0.00411. The monoisotopic (exact) mass is 1790 g/mol. The highest BCUT2D eigenvalue weighted by molar-refractivity contribution is 6.05. The summed E-state index contributed by atoms with van der Waals surface area (Å²) in [5.41, 5.74) is 30.2. The summed E-state index contributed by atoms with van der Waals surface area (Å²) in [6.07, 6.45) is 14.8. The van der Waals surface area contributed by atoms with Crippen molar-refractivity contribution in [3.63, 3.8) is 0 Å². The maximum Gasteiger partial charge on any atom is 0.306 e. The predicted octanol–water partition coefficient (Wildman–Crippen LogP) is 24.8. The third kappa shape index (κ3) is 31.4. The number of esters is 3. The van der Waals surface area contributed by atoms with Crippen LogP contribution < -0.4 is 0 Å². The highest BCUT2D eigenvalue weighted by Crippen LogP contribution is 2.35. The number of carbonyl (C=O) groups excluding carboxylic acids is 4. The van der Waals surface area contributed by atoms with E-state index in [4.69, 9.17) is 39.2 Å². The molecule has 0 aromatic heterocycles. The number of hydrogen-bond donors (Lipinski definition) is 4. The van der Waals surface area contributed by atoms with Gasteiger partial charge in [-0.15, -0.1) is 0 Å². The fraction of sp³-hybridized carbons (Fsp3) is 0.167. The van der Waals surface area contributed by atoms with E-state index in [2.05, 4.69) is 333 Å². The number of benzene rings is 14. The predicted molar refractivity (Wildman–Crippen MR) is 545 cm³/mol. The number of aliphatic hydroxyl groups excluding tert-OH is 2. The van der Waals surface area contributed by atoms with Gasteiger partial charge in [0, 0.05) is 43.9 Å². The Morgan fingerprint density at radius 1 is 0.326 bits per heavy atom. The van der Waals surface area contributed by atoms with Crippen LogP contribution in [0.5, 0.6) is 0 Å². The highest BCUT2D eigenvalue weighted by atomic mass is 16.6. The zero-order valence-corrected chi connectivity index (χ0v) is 76.8. The lowest BCUT2D eigenvalue weighted by Gasteiger charge is -2.13. The molecule has 0 aliphatic heterocycles. The van der Waals surface area contributed by atoms with Crippen LogP contribution in [-0.4, -0.2) is 107 Å². The zero-order chi connectivity index (χ0) is 94.7. The molecule has 14 rings (SSSR count). The summed E-state index contributed by atoms with van der Waals surface area (Å²) >= 11 is 0. The third-order valence-electron chi connectivity index (χ3n) is 22.7. The van der Waals surface area contributed by atoms with Crippen molar-refractivity contribution in [3.05, 3.63) is 482 Å². The van der Waals surface area contributed by atoms with Crippen LogP contribution in [0.1, 0.15) is 150 Å². The molecular formula is C120H114N2O13. The summed E-state index contributed by atoms with van der Waals surface area (Å²) in [4.78, 5) is 45.0. The number of aliphatic hydroxyl groups is 2. The Bertz CT molecular complexity index is 6120. The van der Waals surface area contributed by atoms with Gasteiger partial charge in [0.1, 0.15) is 13.2 Å². The SMILES string of the molecule is C=Cc1ccc(C(=Cc2ccc(-c3ccc(C=C(c4ccccc4)c4ccc(CCC(O)OCCOC)cc4)cc3)cc2)c2ccccc2)cc1.CC(O)CCc1cccc(C(=N)OC(=N)c2cccc(CCC(=O)OCCOC=O)c2)c1.COC(=O)CCc1ccc(C(=Cc2ccc(-c3ccc(C=C(c4ccccc4)c4ccc(CCC(=O)OC)cc4)cc3)cc2)c2ccccc2)cc1. The maximum atomic E-state index is 11.7. The molecule has 15 nitrogen and oxygen atoms in total. The van der Waals surface area contributed by atoms with Crippen molar-refractivity contribution < 1.29 is 62.5 Å². The summed E-state index contributed by atoms with van der Waals surface area (Å²) in [5.74, 6) is -1.11. The Morgan fingerprint density at radius 2 is 0.630 bits per heavy atom. The second kappa shape index (κ2) is 52.6. The minimum absolute atomic E-state index is 0.0123. The first-order chi connectivity index (χ1) is 66.0. The summed E-state index contributed by atoms with van der Waals surface area (Å²) in [6.45, 7) is 6.82. The van der Waals surface area contributed by atoms with Crippen molar-refractivity contribution in [3.8, 4) is 22.3 Å². The molecule has 0 aliphatic rings. The van der Waals surface area contributed by atoms with Crippen molar-refractivity contribution >= 4 is 88.8 Å². The molecule has 14 aromatic carbocycles. The fourth-order valence-electron chi connectivity index (χ4n) is 15.1. The first kappa shape index (κ1) is 98.7. The van der Waals surface area contributed by atoms with E-state index in [1.807, 2.05) is 48.5 Å². The molecule has 135 heavy (non-hydrogen) atoms. The average Bonchev–Trinajstić information content (AvgIpc) is 0.823. The van der Waals surface area contributed by atoms with Gasteiger partial charge < -0.3 is 43.4 Å². The van der Waals surface area contributed by atoms with E-state index >= 15 is 0 Å². The minimum atomic E-state index is -0.795. The van der Waals surface area contributed by atoms with Crippen molar-refractivity contribution in [2.24, 2.45) is 0 Å². The van der Waals surface area contributed by atoms with Crippen LogP contribution >= 0.6 is 0 Å². The first-order valence-corrected chi connectivity index (χ1v) is 45.3. The number of rotatable bonds is 40. The zero-order valence-electron chi connectivity index (χ0n) is 76.8. The largest absolute Gasteiger partial charge is 0.469 e. The molecule has 0 fully saturated rings. The molecule has 4 N–H and O–H groups in total. The van der Waals surface area contributed by atoms with E-state index in [0.29, 0.717) is 82.2 Å². The lowest BCUT2D eigenvalue weighted by atomic mass is 9.93. The van der Waals surface area contributed by atoms with E-state index in [1.165, 1.54) is 42.0 Å². The molecule has 0 radical (unpaired) electrons. The Labute approximate surface area is 792 Å². The van der Waals surface area contributed by atoms with Gasteiger partial charge in [-0.3, -0.25) is 30.0 Å². The van der Waals surface area contributed by atoms with Gasteiger partial charge in [-0.1, -0.05) is 352 Å². The standard InChI is InChI=1S/C48H42O4.C48H44O3.C24H28N2O6/c1-51-47(49)31-21-35-13-27-43(28-14-35)45(41-9-5-3-6-10-41)33-37-17-23-39(24-18-37)40-25-19-38(20-26-40)34-46(42-11-7-4-8-12-42)44-29-15-36(16-30-44)22-32-48(50)52-2;1-3-36-14-27-44(28-15-36)46(42-10-6-4-7-11-42)34-38-18-23-40(24-19-38)41-25-20-39(21-26-41)35-47(43-12-8-5-9-13-43)45-29-16-37(17-30-45)22-31-48(49)51-33-32-50-2;1-17(28)8-9-18-4-2-6-20(14-18)23(25)32-24(26)21-7-3-5-19(15-21)10-11-22(29)31-13-12-30-16-27/h3-20,23-30,33-34H,21-22,31-32H2,1-2H3;3-21,23-30,34-35,48-49H,1,22,31-33H2,2H3;2-7,14-17,25-26,28H,8-13H2,1H3. The van der Waals surface area contributed by atoms with Gasteiger partial charge >= 0.3 is 17.9 Å². The highest BCUT2D eigenvalue weighted by Gasteiger charge is 2.17. The molecule has 0 amide bonds. The average molecular weight is 1790 g/mol. The minimum Gasteiger partial charge on any atom is -0.469 e. The molecule has 2 atom stereocenters. The van der Waals surface area contributed by atoms with E-state index < -0.39 is 18.4 Å². The molecular weight excluding hydrogens is 1680 g/mol. The second-order valence-corrected chi connectivity index (χ2v) is 32.3. The van der Waals surface area contributed by atoms with Crippen molar-refractivity contribution in [2.75, 3.05) is 47.8 Å². The number of methoxy groups -OCH3 is 3.